The van der Waals surface area contributed by atoms with Crippen LogP contribution >= 0.6 is 11.3 Å². The molecule has 1 amide bonds. The highest BCUT2D eigenvalue weighted by Crippen LogP contribution is 2.13. The lowest BCUT2D eigenvalue weighted by Crippen LogP contribution is -2.32. The van der Waals surface area contributed by atoms with Gasteiger partial charge in [-0.05, 0) is 37.8 Å². The summed E-state index contributed by atoms with van der Waals surface area (Å²) >= 11 is 1.82. The van der Waals surface area contributed by atoms with Gasteiger partial charge in [0.15, 0.2) is 0 Å². The molecule has 1 aromatic rings. The van der Waals surface area contributed by atoms with Crippen LogP contribution in [0.1, 0.15) is 30.6 Å². The lowest BCUT2D eigenvalue weighted by molar-refractivity contribution is -0.129. The number of nitrogens with one attached hydrogen (secondary N) is 1. The van der Waals surface area contributed by atoms with Crippen molar-refractivity contribution in [1.82, 2.24) is 10.2 Å². The number of aryl methyl sites for hydroxylation is 1. The smallest absolute Gasteiger partial charge is 0.222 e. The van der Waals surface area contributed by atoms with Crippen LogP contribution < -0.4 is 5.32 Å². The Kier molecular flexibility index (Phi) is 7.69. The lowest BCUT2D eigenvalue weighted by Gasteiger charge is -2.16. The van der Waals surface area contributed by atoms with Crippen LogP contribution in [0.3, 0.4) is 0 Å². The Bertz CT molecular complexity index is 325. The summed E-state index contributed by atoms with van der Waals surface area (Å²) in [4.78, 5) is 15.0. The summed E-state index contributed by atoms with van der Waals surface area (Å²) in [5.74, 6) is 0.265. The van der Waals surface area contributed by atoms with Crippen LogP contribution in [-0.4, -0.2) is 38.0 Å². The van der Waals surface area contributed by atoms with Crippen molar-refractivity contribution in [2.75, 3.05) is 27.2 Å². The summed E-state index contributed by atoms with van der Waals surface area (Å²) in [5.41, 5.74) is 0. The minimum Gasteiger partial charge on any atom is -0.344 e. The fourth-order valence-electron chi connectivity index (χ4n) is 1.80. The molecule has 0 aromatic carbocycles. The third-order valence-corrected chi connectivity index (χ3v) is 3.95. The first kappa shape index (κ1) is 15.2. The minimum atomic E-state index is 0.265. The van der Waals surface area contributed by atoms with E-state index in [0.29, 0.717) is 6.42 Å². The molecule has 0 atom stereocenters. The third kappa shape index (κ3) is 6.17. The zero-order valence-electron chi connectivity index (χ0n) is 11.4. The number of carbonyl (C=O) groups is 1. The van der Waals surface area contributed by atoms with E-state index in [2.05, 4.69) is 22.8 Å². The molecule has 3 nitrogen and oxygen atoms in total. The second-order valence-corrected chi connectivity index (χ2v) is 5.59. The Labute approximate surface area is 114 Å². The van der Waals surface area contributed by atoms with Gasteiger partial charge >= 0.3 is 0 Å². The molecular formula is C14H24N2OS. The molecule has 0 aliphatic rings. The fraction of sp³-hybridized carbons (Fsp3) is 0.643. The monoisotopic (exact) mass is 268 g/mol. The van der Waals surface area contributed by atoms with E-state index in [0.717, 1.165) is 32.4 Å². The predicted molar refractivity (Wildman–Crippen MR) is 78.1 cm³/mol. The van der Waals surface area contributed by atoms with Gasteiger partial charge in [-0.25, -0.2) is 0 Å². The topological polar surface area (TPSA) is 32.3 Å². The summed E-state index contributed by atoms with van der Waals surface area (Å²) in [6, 6.07) is 4.28. The minimum absolute atomic E-state index is 0.265. The van der Waals surface area contributed by atoms with E-state index in [9.17, 15) is 4.79 Å². The van der Waals surface area contributed by atoms with Crippen molar-refractivity contribution in [3.63, 3.8) is 0 Å². The number of thiophene rings is 1. The molecule has 18 heavy (non-hydrogen) atoms. The van der Waals surface area contributed by atoms with E-state index in [1.165, 1.54) is 11.3 Å². The lowest BCUT2D eigenvalue weighted by atomic mass is 10.1. The maximum absolute atomic E-state index is 11.7. The Morgan fingerprint density at radius 2 is 2.22 bits per heavy atom. The number of amides is 1. The highest BCUT2D eigenvalue weighted by molar-refractivity contribution is 7.09. The standard InChI is InChI=1S/C14H24N2OS/c1-15-10-11-16(2)14(17)9-5-3-4-7-13-8-6-12-18-13/h6,8,12,15H,3-5,7,9-11H2,1-2H3. The largest absolute Gasteiger partial charge is 0.344 e. The number of nitrogens with zero attached hydrogens (tertiary/aromatic N) is 1. The molecule has 0 spiro atoms. The van der Waals surface area contributed by atoms with Crippen LogP contribution in [0, 0.1) is 0 Å². The van der Waals surface area contributed by atoms with Gasteiger partial charge in [-0.15, -0.1) is 11.3 Å². The number of carbonyl (C=O) groups excluding carboxylic acids is 1. The summed E-state index contributed by atoms with van der Waals surface area (Å²) in [7, 11) is 3.79. The summed E-state index contributed by atoms with van der Waals surface area (Å²) < 4.78 is 0. The maximum Gasteiger partial charge on any atom is 0.222 e. The van der Waals surface area contributed by atoms with Crippen LogP contribution in [0.25, 0.3) is 0 Å². The van der Waals surface area contributed by atoms with Gasteiger partial charge in [-0.3, -0.25) is 4.79 Å². The van der Waals surface area contributed by atoms with Crippen molar-refractivity contribution in [3.8, 4) is 0 Å². The molecule has 1 rings (SSSR count). The van der Waals surface area contributed by atoms with E-state index < -0.39 is 0 Å². The zero-order valence-corrected chi connectivity index (χ0v) is 12.3. The molecule has 0 saturated heterocycles. The van der Waals surface area contributed by atoms with Gasteiger partial charge in [-0.1, -0.05) is 12.5 Å². The van der Waals surface area contributed by atoms with Crippen molar-refractivity contribution < 1.29 is 4.79 Å². The molecular weight excluding hydrogens is 244 g/mol. The van der Waals surface area contributed by atoms with Gasteiger partial charge in [-0.2, -0.15) is 0 Å². The highest BCUT2D eigenvalue weighted by atomic mass is 32.1. The van der Waals surface area contributed by atoms with Crippen molar-refractivity contribution >= 4 is 17.2 Å². The molecule has 0 aliphatic carbocycles. The average molecular weight is 268 g/mol. The first-order valence-corrected chi connectivity index (χ1v) is 7.53. The Morgan fingerprint density at radius 3 is 2.89 bits per heavy atom. The molecule has 4 heteroatoms. The molecule has 0 radical (unpaired) electrons. The van der Waals surface area contributed by atoms with Gasteiger partial charge in [0.05, 0.1) is 0 Å². The van der Waals surface area contributed by atoms with Gasteiger partial charge in [0.1, 0.15) is 0 Å². The van der Waals surface area contributed by atoms with Crippen molar-refractivity contribution in [2.45, 2.75) is 32.1 Å². The van der Waals surface area contributed by atoms with Gasteiger partial charge < -0.3 is 10.2 Å². The van der Waals surface area contributed by atoms with Crippen molar-refractivity contribution in [3.05, 3.63) is 22.4 Å². The molecule has 0 bridgehead atoms. The second kappa shape index (κ2) is 9.11. The first-order chi connectivity index (χ1) is 8.74. The molecule has 102 valence electrons. The number of unbranched alkanes of at least 4 members (excludes halogenated alkanes) is 2. The second-order valence-electron chi connectivity index (χ2n) is 4.56. The molecule has 1 aromatic heterocycles. The van der Waals surface area contributed by atoms with Gasteiger partial charge in [0, 0.05) is 31.4 Å². The van der Waals surface area contributed by atoms with E-state index >= 15 is 0 Å². The Balaban J connectivity index is 2.01. The Hall–Kier alpha value is -0.870. The van der Waals surface area contributed by atoms with E-state index in [-0.39, 0.29) is 5.91 Å². The fourth-order valence-corrected chi connectivity index (χ4v) is 2.55. The normalized spacial score (nSPS) is 10.6. The number of hydrogen-bond donors (Lipinski definition) is 1. The quantitative estimate of drug-likeness (QED) is 0.698. The van der Waals surface area contributed by atoms with E-state index in [1.807, 2.05) is 30.3 Å². The highest BCUT2D eigenvalue weighted by Gasteiger charge is 2.07. The number of rotatable bonds is 9. The Morgan fingerprint density at radius 1 is 1.39 bits per heavy atom. The maximum atomic E-state index is 11.7. The summed E-state index contributed by atoms with van der Waals surface area (Å²) in [6.45, 7) is 1.66. The molecule has 0 unspecified atom stereocenters. The summed E-state index contributed by atoms with van der Waals surface area (Å²) in [5, 5.41) is 5.17. The van der Waals surface area contributed by atoms with Crippen molar-refractivity contribution in [1.29, 1.82) is 0 Å². The molecule has 1 N–H and O–H groups in total. The van der Waals surface area contributed by atoms with Crippen LogP contribution in [0.5, 0.6) is 0 Å². The van der Waals surface area contributed by atoms with Gasteiger partial charge in [0.2, 0.25) is 5.91 Å². The van der Waals surface area contributed by atoms with Crippen LogP contribution in [0.4, 0.5) is 0 Å². The van der Waals surface area contributed by atoms with Gasteiger partial charge in [0.25, 0.3) is 0 Å². The molecule has 1 heterocycles. The zero-order chi connectivity index (χ0) is 13.2. The predicted octanol–water partition coefficient (Wildman–Crippen LogP) is 2.53. The van der Waals surface area contributed by atoms with E-state index in [1.54, 1.807) is 0 Å². The van der Waals surface area contributed by atoms with Crippen LogP contribution in [0.2, 0.25) is 0 Å². The number of hydrogen-bond acceptors (Lipinski definition) is 3. The molecule has 0 saturated carbocycles. The SMILES string of the molecule is CNCCN(C)C(=O)CCCCCc1cccs1. The molecule has 0 fully saturated rings. The van der Waals surface area contributed by atoms with E-state index in [4.69, 9.17) is 0 Å². The number of likely N-dealkylation sites (N-methyl/N-ethyl adjacent to an activating group) is 2. The van der Waals surface area contributed by atoms with Crippen LogP contribution in [0.15, 0.2) is 17.5 Å². The van der Waals surface area contributed by atoms with Crippen LogP contribution in [-0.2, 0) is 11.2 Å². The third-order valence-electron chi connectivity index (χ3n) is 3.02. The first-order valence-electron chi connectivity index (χ1n) is 6.65. The molecule has 0 aliphatic heterocycles. The van der Waals surface area contributed by atoms with Crippen molar-refractivity contribution in [2.24, 2.45) is 0 Å². The average Bonchev–Trinajstić information content (AvgIpc) is 2.88. The summed E-state index contributed by atoms with van der Waals surface area (Å²) in [6.07, 6.45) is 5.18.